The second kappa shape index (κ2) is 6.02. The molecule has 0 amide bonds. The zero-order chi connectivity index (χ0) is 13.8. The summed E-state index contributed by atoms with van der Waals surface area (Å²) in [5.41, 5.74) is 7.13. The molecule has 1 unspecified atom stereocenters. The molecule has 1 aliphatic rings. The zero-order valence-electron chi connectivity index (χ0n) is 11.6. The fourth-order valence-electron chi connectivity index (χ4n) is 2.40. The predicted molar refractivity (Wildman–Crippen MR) is 76.7 cm³/mol. The van der Waals surface area contributed by atoms with Crippen LogP contribution in [0.5, 0.6) is 0 Å². The monoisotopic (exact) mass is 262 g/mol. The van der Waals surface area contributed by atoms with Gasteiger partial charge in [-0.05, 0) is 37.8 Å². The first-order chi connectivity index (χ1) is 9.15. The third kappa shape index (κ3) is 3.23. The lowest BCUT2D eigenvalue weighted by Gasteiger charge is -2.32. The minimum Gasteiger partial charge on any atom is -0.383 e. The Bertz CT molecular complexity index is 445. The molecule has 1 aromatic heterocycles. The van der Waals surface area contributed by atoms with E-state index in [0.717, 1.165) is 18.2 Å². The molecule has 0 bridgehead atoms. The van der Waals surface area contributed by atoms with Crippen molar-refractivity contribution < 1.29 is 4.74 Å². The summed E-state index contributed by atoms with van der Waals surface area (Å²) in [5.74, 6) is 0.748. The first kappa shape index (κ1) is 13.8. The van der Waals surface area contributed by atoms with Crippen LogP contribution < -0.4 is 10.6 Å². The van der Waals surface area contributed by atoms with Crippen molar-refractivity contribution >= 4 is 11.5 Å². The number of ether oxygens (including phenoxy) is 1. The van der Waals surface area contributed by atoms with E-state index >= 15 is 0 Å². The number of aromatic nitrogens is 1. The maximum atomic E-state index is 7.67. The van der Waals surface area contributed by atoms with Crippen LogP contribution in [-0.2, 0) is 4.74 Å². The van der Waals surface area contributed by atoms with Gasteiger partial charge < -0.3 is 15.4 Å². The molecule has 0 radical (unpaired) electrons. The summed E-state index contributed by atoms with van der Waals surface area (Å²) in [5, 5.41) is 7.67. The Balaban J connectivity index is 2.28. The lowest BCUT2D eigenvalue weighted by atomic mass is 10.1. The Labute approximate surface area is 114 Å². The zero-order valence-corrected chi connectivity index (χ0v) is 11.6. The molecule has 2 rings (SSSR count). The SMILES string of the molecule is COCCN(c1cccnc1C(=N)N)C(C)C1CC1. The number of amidine groups is 1. The van der Waals surface area contributed by atoms with Crippen molar-refractivity contribution in [2.24, 2.45) is 11.7 Å². The highest BCUT2D eigenvalue weighted by Gasteiger charge is 2.33. The molecule has 0 spiro atoms. The van der Waals surface area contributed by atoms with Gasteiger partial charge in [-0.15, -0.1) is 0 Å². The highest BCUT2D eigenvalue weighted by Crippen LogP contribution is 2.37. The Hall–Kier alpha value is -1.62. The van der Waals surface area contributed by atoms with E-state index in [9.17, 15) is 0 Å². The van der Waals surface area contributed by atoms with Gasteiger partial charge in [0.2, 0.25) is 0 Å². The van der Waals surface area contributed by atoms with Gasteiger partial charge in [0.1, 0.15) is 11.5 Å². The topological polar surface area (TPSA) is 75.2 Å². The number of rotatable bonds is 7. The van der Waals surface area contributed by atoms with Crippen LogP contribution in [0.15, 0.2) is 18.3 Å². The Morgan fingerprint density at radius 1 is 1.63 bits per heavy atom. The quantitative estimate of drug-likeness (QED) is 0.578. The molecular formula is C14H22N4O. The molecular weight excluding hydrogens is 240 g/mol. The van der Waals surface area contributed by atoms with Crippen LogP contribution in [0.25, 0.3) is 0 Å². The molecule has 5 heteroatoms. The van der Waals surface area contributed by atoms with Gasteiger partial charge in [-0.2, -0.15) is 0 Å². The lowest BCUT2D eigenvalue weighted by molar-refractivity contribution is 0.202. The molecule has 1 aliphatic carbocycles. The summed E-state index contributed by atoms with van der Waals surface area (Å²) in [6.45, 7) is 3.67. The smallest absolute Gasteiger partial charge is 0.143 e. The fraction of sp³-hybridized carbons (Fsp3) is 0.571. The van der Waals surface area contributed by atoms with Crippen LogP contribution in [0.4, 0.5) is 5.69 Å². The van der Waals surface area contributed by atoms with Gasteiger partial charge in [0.15, 0.2) is 0 Å². The first-order valence-electron chi connectivity index (χ1n) is 6.70. The van der Waals surface area contributed by atoms with Crippen LogP contribution in [0.2, 0.25) is 0 Å². The number of nitrogens with one attached hydrogen (secondary N) is 1. The number of anilines is 1. The molecule has 104 valence electrons. The van der Waals surface area contributed by atoms with Gasteiger partial charge in [-0.3, -0.25) is 10.4 Å². The van der Waals surface area contributed by atoms with E-state index in [2.05, 4.69) is 16.8 Å². The number of nitrogens with zero attached hydrogens (tertiary/aromatic N) is 2. The van der Waals surface area contributed by atoms with Crippen molar-refractivity contribution in [3.8, 4) is 0 Å². The average Bonchev–Trinajstić information content (AvgIpc) is 3.23. The summed E-state index contributed by atoms with van der Waals surface area (Å²) in [6, 6.07) is 4.30. The van der Waals surface area contributed by atoms with E-state index in [-0.39, 0.29) is 5.84 Å². The van der Waals surface area contributed by atoms with Crippen molar-refractivity contribution in [3.63, 3.8) is 0 Å². The van der Waals surface area contributed by atoms with Crippen LogP contribution >= 0.6 is 0 Å². The van der Waals surface area contributed by atoms with Crippen molar-refractivity contribution in [1.82, 2.24) is 4.98 Å². The number of nitrogens with two attached hydrogens (primary N) is 1. The van der Waals surface area contributed by atoms with Crippen LogP contribution in [0.3, 0.4) is 0 Å². The Morgan fingerprint density at radius 2 is 2.37 bits per heavy atom. The van der Waals surface area contributed by atoms with Gasteiger partial charge in [-0.1, -0.05) is 0 Å². The van der Waals surface area contributed by atoms with Crippen molar-refractivity contribution in [2.75, 3.05) is 25.2 Å². The third-order valence-electron chi connectivity index (χ3n) is 3.68. The molecule has 0 aromatic carbocycles. The number of hydrogen-bond acceptors (Lipinski definition) is 4. The van der Waals surface area contributed by atoms with Gasteiger partial charge in [0.05, 0.1) is 12.3 Å². The molecule has 3 N–H and O–H groups in total. The van der Waals surface area contributed by atoms with Crippen molar-refractivity contribution in [1.29, 1.82) is 5.41 Å². The second-order valence-electron chi connectivity index (χ2n) is 5.05. The minimum absolute atomic E-state index is 0.0148. The highest BCUT2D eigenvalue weighted by molar-refractivity contribution is 5.98. The van der Waals surface area contributed by atoms with E-state index < -0.39 is 0 Å². The lowest BCUT2D eigenvalue weighted by Crippen LogP contribution is -2.38. The summed E-state index contributed by atoms with van der Waals surface area (Å²) < 4.78 is 5.20. The number of methoxy groups -OCH3 is 1. The van der Waals surface area contributed by atoms with Gasteiger partial charge in [-0.25, -0.2) is 0 Å². The van der Waals surface area contributed by atoms with Gasteiger partial charge in [0, 0.05) is 25.9 Å². The largest absolute Gasteiger partial charge is 0.383 e. The molecule has 0 aliphatic heterocycles. The van der Waals surface area contributed by atoms with Gasteiger partial charge in [0.25, 0.3) is 0 Å². The molecule has 1 saturated carbocycles. The third-order valence-corrected chi connectivity index (χ3v) is 3.68. The molecule has 0 saturated heterocycles. The van der Waals surface area contributed by atoms with E-state index in [0.29, 0.717) is 18.3 Å². The van der Waals surface area contributed by atoms with Crippen molar-refractivity contribution in [2.45, 2.75) is 25.8 Å². The van der Waals surface area contributed by atoms with Crippen LogP contribution in [0, 0.1) is 11.3 Å². The Kier molecular flexibility index (Phi) is 4.37. The molecule has 19 heavy (non-hydrogen) atoms. The van der Waals surface area contributed by atoms with E-state index in [1.54, 1.807) is 13.3 Å². The minimum atomic E-state index is 0.0148. The highest BCUT2D eigenvalue weighted by atomic mass is 16.5. The molecule has 5 nitrogen and oxygen atoms in total. The maximum absolute atomic E-state index is 7.67. The number of hydrogen-bond donors (Lipinski definition) is 2. The van der Waals surface area contributed by atoms with E-state index in [4.69, 9.17) is 15.9 Å². The Morgan fingerprint density at radius 3 is 2.95 bits per heavy atom. The number of nitrogen functional groups attached to an aromatic ring is 1. The summed E-state index contributed by atoms with van der Waals surface area (Å²) >= 11 is 0. The predicted octanol–water partition coefficient (Wildman–Crippen LogP) is 1.62. The molecule has 1 heterocycles. The van der Waals surface area contributed by atoms with Crippen LogP contribution in [0.1, 0.15) is 25.5 Å². The summed E-state index contributed by atoms with van der Waals surface area (Å²) in [7, 11) is 1.70. The maximum Gasteiger partial charge on any atom is 0.143 e. The van der Waals surface area contributed by atoms with E-state index in [1.807, 2.05) is 12.1 Å². The standard InChI is InChI=1S/C14H22N4O/c1-10(11-5-6-11)18(8-9-19-2)12-4-3-7-17-13(12)14(15)16/h3-4,7,10-11H,5-6,8-9H2,1-2H3,(H3,15,16). The number of pyridine rings is 1. The normalized spacial score (nSPS) is 16.1. The molecule has 1 aromatic rings. The average molecular weight is 262 g/mol. The second-order valence-corrected chi connectivity index (χ2v) is 5.05. The van der Waals surface area contributed by atoms with Crippen molar-refractivity contribution in [3.05, 3.63) is 24.0 Å². The molecule has 1 fully saturated rings. The summed E-state index contributed by atoms with van der Waals surface area (Å²) in [4.78, 5) is 6.51. The van der Waals surface area contributed by atoms with E-state index in [1.165, 1.54) is 12.8 Å². The fourth-order valence-corrected chi connectivity index (χ4v) is 2.40. The summed E-state index contributed by atoms with van der Waals surface area (Å²) in [6.07, 6.45) is 4.23. The van der Waals surface area contributed by atoms with Gasteiger partial charge >= 0.3 is 0 Å². The molecule has 1 atom stereocenters. The first-order valence-corrected chi connectivity index (χ1v) is 6.70. The van der Waals surface area contributed by atoms with Crippen LogP contribution in [-0.4, -0.2) is 37.1 Å².